The average Bonchev–Trinajstić information content (AvgIpc) is 2.86. The molecule has 0 aromatic carbocycles. The van der Waals surface area contributed by atoms with Crippen molar-refractivity contribution in [1.82, 2.24) is 15.2 Å². The highest BCUT2D eigenvalue weighted by Gasteiger charge is 2.11. The summed E-state index contributed by atoms with van der Waals surface area (Å²) in [6, 6.07) is 0.434. The highest BCUT2D eigenvalue weighted by Crippen LogP contribution is 2.31. The molecule has 1 unspecified atom stereocenters. The van der Waals surface area contributed by atoms with E-state index in [2.05, 4.69) is 34.3 Å². The standard InChI is InChI=1S/C10H14N4S2/c1-4-6(2)12-10-14-13-9(16-10)8-7(3)11-5-15-8/h5-6H,4H2,1-3H3,(H,12,14). The molecule has 0 aliphatic rings. The molecule has 0 aliphatic carbocycles. The van der Waals surface area contributed by atoms with Gasteiger partial charge in [0.25, 0.3) is 0 Å². The Kier molecular flexibility index (Phi) is 3.50. The Morgan fingerprint density at radius 3 is 2.88 bits per heavy atom. The van der Waals surface area contributed by atoms with E-state index in [9.17, 15) is 0 Å². The van der Waals surface area contributed by atoms with Crippen LogP contribution in [0, 0.1) is 6.92 Å². The average molecular weight is 254 g/mol. The Bertz CT molecular complexity index is 463. The lowest BCUT2D eigenvalue weighted by atomic mass is 10.3. The highest BCUT2D eigenvalue weighted by atomic mass is 32.1. The minimum absolute atomic E-state index is 0.434. The summed E-state index contributed by atoms with van der Waals surface area (Å²) in [4.78, 5) is 5.34. The molecule has 0 bridgehead atoms. The summed E-state index contributed by atoms with van der Waals surface area (Å²) < 4.78 is 0. The zero-order valence-electron chi connectivity index (χ0n) is 9.52. The molecular weight excluding hydrogens is 240 g/mol. The fourth-order valence-corrected chi connectivity index (χ4v) is 2.99. The number of aromatic nitrogens is 3. The van der Waals surface area contributed by atoms with Crippen LogP contribution >= 0.6 is 22.7 Å². The van der Waals surface area contributed by atoms with Gasteiger partial charge in [0.15, 0.2) is 5.01 Å². The lowest BCUT2D eigenvalue weighted by Crippen LogP contribution is -2.12. The number of rotatable bonds is 4. The molecule has 0 saturated heterocycles. The van der Waals surface area contributed by atoms with Crippen molar-refractivity contribution in [2.24, 2.45) is 0 Å². The van der Waals surface area contributed by atoms with Gasteiger partial charge in [-0.3, -0.25) is 0 Å². The Hall–Kier alpha value is -1.01. The van der Waals surface area contributed by atoms with Gasteiger partial charge in [-0.05, 0) is 20.3 Å². The molecule has 0 fully saturated rings. The molecule has 4 nitrogen and oxygen atoms in total. The number of thiazole rings is 1. The largest absolute Gasteiger partial charge is 0.358 e. The third-order valence-corrected chi connectivity index (χ3v) is 4.28. The van der Waals surface area contributed by atoms with Crippen LogP contribution in [0.25, 0.3) is 9.88 Å². The lowest BCUT2D eigenvalue weighted by molar-refractivity contribution is 0.760. The maximum absolute atomic E-state index is 4.22. The fourth-order valence-electron chi connectivity index (χ4n) is 1.19. The molecule has 0 radical (unpaired) electrons. The summed E-state index contributed by atoms with van der Waals surface area (Å²) in [5.74, 6) is 0. The quantitative estimate of drug-likeness (QED) is 0.910. The van der Waals surface area contributed by atoms with E-state index in [0.29, 0.717) is 6.04 Å². The zero-order valence-corrected chi connectivity index (χ0v) is 11.2. The number of aryl methyl sites for hydroxylation is 1. The van der Waals surface area contributed by atoms with Gasteiger partial charge in [0.05, 0.1) is 16.1 Å². The summed E-state index contributed by atoms with van der Waals surface area (Å²) in [5, 5.41) is 13.5. The molecule has 16 heavy (non-hydrogen) atoms. The zero-order chi connectivity index (χ0) is 11.5. The third-order valence-electron chi connectivity index (χ3n) is 2.35. The van der Waals surface area contributed by atoms with E-state index >= 15 is 0 Å². The smallest absolute Gasteiger partial charge is 0.206 e. The number of anilines is 1. The van der Waals surface area contributed by atoms with Crippen molar-refractivity contribution in [3.8, 4) is 9.88 Å². The predicted octanol–water partition coefficient (Wildman–Crippen LogP) is 3.18. The van der Waals surface area contributed by atoms with Crippen LogP contribution in [0.2, 0.25) is 0 Å². The number of hydrogen-bond acceptors (Lipinski definition) is 6. The molecule has 86 valence electrons. The van der Waals surface area contributed by atoms with E-state index in [0.717, 1.165) is 27.1 Å². The molecular formula is C10H14N4S2. The van der Waals surface area contributed by atoms with E-state index in [1.54, 1.807) is 22.7 Å². The van der Waals surface area contributed by atoms with Gasteiger partial charge in [-0.2, -0.15) is 0 Å². The van der Waals surface area contributed by atoms with Gasteiger partial charge in [0, 0.05) is 6.04 Å². The maximum Gasteiger partial charge on any atom is 0.206 e. The van der Waals surface area contributed by atoms with Gasteiger partial charge >= 0.3 is 0 Å². The molecule has 2 heterocycles. The van der Waals surface area contributed by atoms with Crippen LogP contribution in [0.5, 0.6) is 0 Å². The van der Waals surface area contributed by atoms with E-state index in [4.69, 9.17) is 0 Å². The molecule has 0 amide bonds. The van der Waals surface area contributed by atoms with E-state index in [1.807, 2.05) is 12.4 Å². The van der Waals surface area contributed by atoms with Crippen molar-refractivity contribution >= 4 is 27.8 Å². The monoisotopic (exact) mass is 254 g/mol. The van der Waals surface area contributed by atoms with Gasteiger partial charge in [-0.15, -0.1) is 21.5 Å². The van der Waals surface area contributed by atoms with Gasteiger partial charge < -0.3 is 5.32 Å². The first kappa shape index (κ1) is 11.5. The predicted molar refractivity (Wildman–Crippen MR) is 69.1 cm³/mol. The first-order valence-corrected chi connectivity index (χ1v) is 6.90. The van der Waals surface area contributed by atoms with Crippen LogP contribution in [0.1, 0.15) is 26.0 Å². The summed E-state index contributed by atoms with van der Waals surface area (Å²) in [6.07, 6.45) is 1.08. The molecule has 1 atom stereocenters. The van der Waals surface area contributed by atoms with Crippen molar-refractivity contribution in [2.45, 2.75) is 33.2 Å². The highest BCUT2D eigenvalue weighted by molar-refractivity contribution is 7.22. The topological polar surface area (TPSA) is 50.7 Å². The first-order valence-electron chi connectivity index (χ1n) is 5.21. The SMILES string of the molecule is CCC(C)Nc1nnc(-c2scnc2C)s1. The molecule has 2 rings (SSSR count). The summed E-state index contributed by atoms with van der Waals surface area (Å²) >= 11 is 3.20. The minimum Gasteiger partial charge on any atom is -0.358 e. The van der Waals surface area contributed by atoms with E-state index < -0.39 is 0 Å². The van der Waals surface area contributed by atoms with Crippen molar-refractivity contribution in [3.05, 3.63) is 11.2 Å². The van der Waals surface area contributed by atoms with Crippen molar-refractivity contribution in [2.75, 3.05) is 5.32 Å². The van der Waals surface area contributed by atoms with Crippen LogP contribution in [0.15, 0.2) is 5.51 Å². The normalized spacial score (nSPS) is 12.7. The molecule has 2 aromatic rings. The van der Waals surface area contributed by atoms with E-state index in [-0.39, 0.29) is 0 Å². The Labute approximate surface area is 103 Å². The maximum atomic E-state index is 4.22. The fraction of sp³-hybridized carbons (Fsp3) is 0.500. The molecule has 0 spiro atoms. The Balaban J connectivity index is 2.17. The molecule has 1 N–H and O–H groups in total. The first-order chi connectivity index (χ1) is 7.70. The van der Waals surface area contributed by atoms with Gasteiger partial charge in [-0.1, -0.05) is 18.3 Å². The van der Waals surface area contributed by atoms with Crippen molar-refractivity contribution < 1.29 is 0 Å². The van der Waals surface area contributed by atoms with Crippen molar-refractivity contribution in [1.29, 1.82) is 0 Å². The summed E-state index contributed by atoms with van der Waals surface area (Å²) in [5.41, 5.74) is 2.87. The Morgan fingerprint density at radius 1 is 1.44 bits per heavy atom. The molecule has 2 aromatic heterocycles. The van der Waals surface area contributed by atoms with Crippen LogP contribution in [0.3, 0.4) is 0 Å². The van der Waals surface area contributed by atoms with Gasteiger partial charge in [-0.25, -0.2) is 4.98 Å². The van der Waals surface area contributed by atoms with Crippen LogP contribution in [-0.4, -0.2) is 21.2 Å². The van der Waals surface area contributed by atoms with E-state index in [1.165, 1.54) is 0 Å². The second-order valence-corrected chi connectivity index (χ2v) is 5.47. The van der Waals surface area contributed by atoms with Crippen LogP contribution in [-0.2, 0) is 0 Å². The third kappa shape index (κ3) is 2.38. The Morgan fingerprint density at radius 2 is 2.25 bits per heavy atom. The number of nitrogens with one attached hydrogen (secondary N) is 1. The molecule has 0 saturated carbocycles. The second-order valence-electron chi connectivity index (χ2n) is 3.63. The summed E-state index contributed by atoms with van der Waals surface area (Å²) in [6.45, 7) is 6.28. The second kappa shape index (κ2) is 4.88. The van der Waals surface area contributed by atoms with Crippen LogP contribution in [0.4, 0.5) is 5.13 Å². The minimum atomic E-state index is 0.434. The van der Waals surface area contributed by atoms with Gasteiger partial charge in [0.2, 0.25) is 5.13 Å². The van der Waals surface area contributed by atoms with Crippen molar-refractivity contribution in [3.63, 3.8) is 0 Å². The lowest BCUT2D eigenvalue weighted by Gasteiger charge is -2.07. The number of nitrogens with zero attached hydrogens (tertiary/aromatic N) is 3. The van der Waals surface area contributed by atoms with Gasteiger partial charge in [0.1, 0.15) is 0 Å². The number of hydrogen-bond donors (Lipinski definition) is 1. The summed E-state index contributed by atoms with van der Waals surface area (Å²) in [7, 11) is 0. The van der Waals surface area contributed by atoms with Crippen LogP contribution < -0.4 is 5.32 Å². The molecule has 6 heteroatoms. The molecule has 0 aliphatic heterocycles.